The van der Waals surface area contributed by atoms with Gasteiger partial charge in [0, 0.05) is 13.0 Å². The Hall–Kier alpha value is -2.83. The molecule has 0 aliphatic rings. The first-order valence-corrected chi connectivity index (χ1v) is 10.6. The van der Waals surface area contributed by atoms with Gasteiger partial charge in [0.15, 0.2) is 6.10 Å². The fourth-order valence-corrected chi connectivity index (χ4v) is 3.34. The van der Waals surface area contributed by atoms with E-state index in [2.05, 4.69) is 4.98 Å². The summed E-state index contributed by atoms with van der Waals surface area (Å²) in [5.41, 5.74) is 3.40. The highest BCUT2D eigenvalue weighted by Crippen LogP contribution is 2.27. The van der Waals surface area contributed by atoms with Crippen LogP contribution < -0.4 is 4.74 Å². The summed E-state index contributed by atoms with van der Waals surface area (Å²) < 4.78 is 22.1. The average molecular weight is 444 g/mol. The lowest BCUT2D eigenvalue weighted by molar-refractivity contribution is -0.156. The first-order valence-electron chi connectivity index (χ1n) is 10.2. The zero-order chi connectivity index (χ0) is 22.2. The van der Waals surface area contributed by atoms with Gasteiger partial charge in [-0.15, -0.1) is 0 Å². The predicted octanol–water partition coefficient (Wildman–Crippen LogP) is 5.39. The van der Waals surface area contributed by atoms with Crippen molar-refractivity contribution in [1.82, 2.24) is 4.98 Å². The normalized spacial score (nSPS) is 11.9. The van der Waals surface area contributed by atoms with Crippen molar-refractivity contribution in [3.05, 3.63) is 70.6 Å². The van der Waals surface area contributed by atoms with Gasteiger partial charge in [-0.2, -0.15) is 0 Å². The van der Waals surface area contributed by atoms with Crippen LogP contribution in [0.25, 0.3) is 11.5 Å². The molecule has 0 radical (unpaired) electrons. The maximum atomic E-state index is 12.1. The van der Waals surface area contributed by atoms with Crippen LogP contribution in [0.3, 0.4) is 0 Å². The van der Waals surface area contributed by atoms with Gasteiger partial charge in [-0.05, 0) is 56.2 Å². The predicted molar refractivity (Wildman–Crippen MR) is 118 cm³/mol. The van der Waals surface area contributed by atoms with Gasteiger partial charge in [0.25, 0.3) is 0 Å². The van der Waals surface area contributed by atoms with Gasteiger partial charge in [-0.1, -0.05) is 29.8 Å². The number of aryl methyl sites for hydroxylation is 1. The van der Waals surface area contributed by atoms with Gasteiger partial charge < -0.3 is 18.6 Å². The van der Waals surface area contributed by atoms with E-state index in [1.54, 1.807) is 19.3 Å². The number of rotatable bonds is 10. The third kappa shape index (κ3) is 6.09. The molecule has 0 saturated heterocycles. The van der Waals surface area contributed by atoms with E-state index in [4.69, 9.17) is 30.2 Å². The smallest absolute Gasteiger partial charge is 0.335 e. The lowest BCUT2D eigenvalue weighted by Gasteiger charge is -2.17. The summed E-state index contributed by atoms with van der Waals surface area (Å²) in [7, 11) is 0. The summed E-state index contributed by atoms with van der Waals surface area (Å²) >= 11 is 6.20. The van der Waals surface area contributed by atoms with Gasteiger partial charge in [0.05, 0.1) is 17.2 Å². The van der Waals surface area contributed by atoms with Gasteiger partial charge in [0.2, 0.25) is 5.89 Å². The fraction of sp³-hybridized carbons (Fsp3) is 0.333. The van der Waals surface area contributed by atoms with Gasteiger partial charge >= 0.3 is 5.97 Å². The molecule has 1 unspecified atom stereocenters. The van der Waals surface area contributed by atoms with Crippen LogP contribution in [0, 0.1) is 6.92 Å². The number of carbonyl (C=O) groups is 1. The van der Waals surface area contributed by atoms with Gasteiger partial charge in [0.1, 0.15) is 24.3 Å². The Morgan fingerprint density at radius 2 is 1.97 bits per heavy atom. The van der Waals surface area contributed by atoms with E-state index in [1.807, 2.05) is 50.2 Å². The molecule has 0 spiro atoms. The molecule has 0 bridgehead atoms. The number of carbonyl (C=O) groups excluding carboxylic acids is 1. The summed E-state index contributed by atoms with van der Waals surface area (Å²) in [6, 6.07) is 13.1. The zero-order valence-corrected chi connectivity index (χ0v) is 18.6. The van der Waals surface area contributed by atoms with Crippen molar-refractivity contribution in [3.63, 3.8) is 0 Å². The maximum Gasteiger partial charge on any atom is 0.335 e. The Bertz CT molecular complexity index is 1020. The van der Waals surface area contributed by atoms with Crippen molar-refractivity contribution >= 4 is 17.6 Å². The number of halogens is 1. The van der Waals surface area contributed by atoms with Gasteiger partial charge in [-0.25, -0.2) is 9.78 Å². The molecule has 7 heteroatoms. The minimum absolute atomic E-state index is 0.261. The Morgan fingerprint density at radius 3 is 2.68 bits per heavy atom. The Kier molecular flexibility index (Phi) is 8.09. The first-order chi connectivity index (χ1) is 15.0. The second-order valence-electron chi connectivity index (χ2n) is 6.90. The van der Waals surface area contributed by atoms with E-state index in [0.717, 1.165) is 16.7 Å². The van der Waals surface area contributed by atoms with Crippen molar-refractivity contribution in [1.29, 1.82) is 0 Å². The van der Waals surface area contributed by atoms with E-state index in [0.29, 0.717) is 42.0 Å². The fourth-order valence-electron chi connectivity index (χ4n) is 3.12. The molecular weight excluding hydrogens is 418 g/mol. The third-order valence-corrected chi connectivity index (χ3v) is 5.01. The summed E-state index contributed by atoms with van der Waals surface area (Å²) in [6.45, 7) is 6.65. The van der Waals surface area contributed by atoms with E-state index in [9.17, 15) is 4.79 Å². The monoisotopic (exact) mass is 443 g/mol. The minimum atomic E-state index is -0.617. The van der Waals surface area contributed by atoms with Crippen LogP contribution in [0.15, 0.2) is 53.1 Å². The summed E-state index contributed by atoms with van der Waals surface area (Å²) in [5.74, 6) is 0.814. The first kappa shape index (κ1) is 22.8. The van der Waals surface area contributed by atoms with E-state index < -0.39 is 6.10 Å². The number of nitrogens with zero attached hydrogens (tertiary/aromatic N) is 1. The van der Waals surface area contributed by atoms with Gasteiger partial charge in [-0.3, -0.25) is 0 Å². The van der Waals surface area contributed by atoms with Crippen LogP contribution in [-0.2, 0) is 27.3 Å². The van der Waals surface area contributed by atoms with Crippen LogP contribution >= 0.6 is 11.6 Å². The summed E-state index contributed by atoms with van der Waals surface area (Å²) in [4.78, 5) is 16.6. The lowest BCUT2D eigenvalue weighted by Crippen LogP contribution is -2.29. The quantitative estimate of drug-likeness (QED) is 0.391. The number of benzene rings is 2. The number of esters is 1. The van der Waals surface area contributed by atoms with Crippen LogP contribution in [-0.4, -0.2) is 30.3 Å². The van der Waals surface area contributed by atoms with Crippen LogP contribution in [0.5, 0.6) is 5.75 Å². The largest absolute Gasteiger partial charge is 0.487 e. The molecule has 0 N–H and O–H groups in total. The van der Waals surface area contributed by atoms with E-state index in [-0.39, 0.29) is 12.6 Å². The number of hydrogen-bond donors (Lipinski definition) is 0. The molecule has 0 amide bonds. The van der Waals surface area contributed by atoms with Crippen molar-refractivity contribution in [3.8, 4) is 17.2 Å². The molecule has 2 aromatic carbocycles. The molecule has 6 nitrogen and oxygen atoms in total. The van der Waals surface area contributed by atoms with Crippen molar-refractivity contribution in [2.24, 2.45) is 0 Å². The van der Waals surface area contributed by atoms with E-state index >= 15 is 0 Å². The number of ether oxygens (including phenoxy) is 3. The Balaban J connectivity index is 1.63. The van der Waals surface area contributed by atoms with Crippen molar-refractivity contribution < 1.29 is 23.4 Å². The second-order valence-corrected chi connectivity index (χ2v) is 7.31. The molecule has 0 fully saturated rings. The van der Waals surface area contributed by atoms with Crippen LogP contribution in [0.1, 0.15) is 30.7 Å². The highest BCUT2D eigenvalue weighted by Gasteiger charge is 2.21. The highest BCUT2D eigenvalue weighted by atomic mass is 35.5. The summed E-state index contributed by atoms with van der Waals surface area (Å²) in [6.07, 6.45) is 1.39. The van der Waals surface area contributed by atoms with Crippen molar-refractivity contribution in [2.75, 3.05) is 13.2 Å². The molecule has 0 aliphatic carbocycles. The Labute approximate surface area is 187 Å². The van der Waals surface area contributed by atoms with E-state index in [1.165, 1.54) is 0 Å². The molecule has 0 saturated carbocycles. The average Bonchev–Trinajstić information content (AvgIpc) is 3.22. The topological polar surface area (TPSA) is 70.8 Å². The SMILES string of the molecule is CCOC(=O)C(Cc1ccc(OCc2coc(-c3ccccc3Cl)n2)cc1C)OCC. The van der Waals surface area contributed by atoms with Crippen molar-refractivity contribution in [2.45, 2.75) is 39.9 Å². The number of aromatic nitrogens is 1. The van der Waals surface area contributed by atoms with Crippen LogP contribution in [0.4, 0.5) is 0 Å². The molecule has 3 aromatic rings. The standard InChI is InChI=1S/C24H26ClNO5/c1-4-28-22(24(27)29-5-2)13-17-10-11-19(12-16(17)3)30-14-18-15-31-23(26-18)20-8-6-7-9-21(20)25/h6-12,15,22H,4-5,13-14H2,1-3H3. The molecule has 1 atom stereocenters. The number of hydrogen-bond acceptors (Lipinski definition) is 6. The third-order valence-electron chi connectivity index (χ3n) is 4.68. The summed E-state index contributed by atoms with van der Waals surface area (Å²) in [5, 5.41) is 0.580. The molecule has 1 aromatic heterocycles. The molecule has 164 valence electrons. The molecule has 31 heavy (non-hydrogen) atoms. The number of oxazole rings is 1. The highest BCUT2D eigenvalue weighted by molar-refractivity contribution is 6.33. The zero-order valence-electron chi connectivity index (χ0n) is 17.9. The van der Waals surface area contributed by atoms with Crippen LogP contribution in [0.2, 0.25) is 5.02 Å². The molecule has 1 heterocycles. The Morgan fingerprint density at radius 1 is 1.16 bits per heavy atom. The maximum absolute atomic E-state index is 12.1. The second kappa shape index (κ2) is 11.0. The lowest BCUT2D eigenvalue weighted by atomic mass is 10.0. The molecular formula is C24H26ClNO5. The molecule has 0 aliphatic heterocycles. The minimum Gasteiger partial charge on any atom is -0.487 e. The molecule has 3 rings (SSSR count).